The zero-order valence-electron chi connectivity index (χ0n) is 16.3. The van der Waals surface area contributed by atoms with Crippen molar-refractivity contribution in [3.05, 3.63) is 72.7 Å². The zero-order valence-corrected chi connectivity index (χ0v) is 20.6. The van der Waals surface area contributed by atoms with E-state index >= 15 is 8.78 Å². The average molecular weight is 656 g/mol. The fraction of sp³-hybridized carbons (Fsp3) is 0.190. The second-order valence-corrected chi connectivity index (χ2v) is 9.27. The van der Waals surface area contributed by atoms with Gasteiger partial charge in [-0.3, -0.25) is 0 Å². The van der Waals surface area contributed by atoms with Crippen LogP contribution in [0.3, 0.4) is 0 Å². The number of halogens is 5. The number of nitrogens with one attached hydrogen (secondary N) is 2. The van der Waals surface area contributed by atoms with Crippen molar-refractivity contribution in [2.75, 3.05) is 17.7 Å². The van der Waals surface area contributed by atoms with Crippen LogP contribution in [0.4, 0.5) is 24.5 Å². The van der Waals surface area contributed by atoms with E-state index in [9.17, 15) is 14.3 Å². The van der Waals surface area contributed by atoms with Gasteiger partial charge in [-0.25, -0.2) is 9.18 Å². The number of carboxylic acids is 1. The van der Waals surface area contributed by atoms with Crippen LogP contribution in [0, 0.1) is 14.1 Å². The molecule has 3 N–H and O–H groups in total. The predicted octanol–water partition coefficient (Wildman–Crippen LogP) is 5.95. The van der Waals surface area contributed by atoms with Crippen molar-refractivity contribution in [3.63, 3.8) is 0 Å². The Morgan fingerprint density at radius 2 is 1.61 bits per heavy atom. The summed E-state index contributed by atoms with van der Waals surface area (Å²) in [5, 5.41) is 14.9. The van der Waals surface area contributed by atoms with Crippen molar-refractivity contribution < 1.29 is 27.8 Å². The molecular formula is C21H17F3I2N2O3. The van der Waals surface area contributed by atoms with Gasteiger partial charge in [0.1, 0.15) is 5.75 Å². The summed E-state index contributed by atoms with van der Waals surface area (Å²) in [5.74, 6) is -7.46. The lowest BCUT2D eigenvalue weighted by Crippen LogP contribution is -2.64. The molecule has 1 aliphatic carbocycles. The first-order valence-electron chi connectivity index (χ1n) is 8.87. The van der Waals surface area contributed by atoms with E-state index in [0.717, 1.165) is 13.2 Å². The SMILES string of the molecule is COc1cc(I)ccc1NC1(Nc2ccc(I)cc2C)C(C(=O)O)=CC=C(F)C1(F)F. The number of carboxylic acid groups (broad SMARTS) is 1. The fourth-order valence-corrected chi connectivity index (χ4v) is 4.34. The molecule has 2 aromatic rings. The number of alkyl halides is 2. The van der Waals surface area contributed by atoms with Gasteiger partial charge in [0.2, 0.25) is 5.66 Å². The van der Waals surface area contributed by atoms with Crippen molar-refractivity contribution >= 4 is 62.5 Å². The van der Waals surface area contributed by atoms with Crippen LogP contribution >= 0.6 is 45.2 Å². The number of aryl methyl sites for hydroxylation is 1. The van der Waals surface area contributed by atoms with Crippen LogP contribution in [0.5, 0.6) is 5.75 Å². The van der Waals surface area contributed by atoms with Crippen LogP contribution in [0.2, 0.25) is 0 Å². The summed E-state index contributed by atoms with van der Waals surface area (Å²) in [6, 6.07) is 9.64. The van der Waals surface area contributed by atoms with E-state index < -0.39 is 29.0 Å². The monoisotopic (exact) mass is 656 g/mol. The Bertz CT molecular complexity index is 1110. The Labute approximate surface area is 204 Å². The minimum atomic E-state index is -4.25. The second-order valence-electron chi connectivity index (χ2n) is 6.78. The molecule has 31 heavy (non-hydrogen) atoms. The lowest BCUT2D eigenvalue weighted by Gasteiger charge is -2.44. The molecule has 0 fully saturated rings. The normalized spacial score (nSPS) is 19.8. The lowest BCUT2D eigenvalue weighted by atomic mass is 9.85. The van der Waals surface area contributed by atoms with Crippen molar-refractivity contribution in [2.24, 2.45) is 0 Å². The molecule has 3 rings (SSSR count). The summed E-state index contributed by atoms with van der Waals surface area (Å²) >= 11 is 4.09. The molecule has 0 saturated carbocycles. The van der Waals surface area contributed by atoms with E-state index in [2.05, 4.69) is 33.2 Å². The summed E-state index contributed by atoms with van der Waals surface area (Å²) < 4.78 is 52.4. The molecule has 0 radical (unpaired) electrons. The molecule has 0 spiro atoms. The van der Waals surface area contributed by atoms with Gasteiger partial charge in [-0.15, -0.1) is 0 Å². The van der Waals surface area contributed by atoms with Gasteiger partial charge in [-0.05, 0) is 106 Å². The zero-order chi connectivity index (χ0) is 23.0. The maximum Gasteiger partial charge on any atom is 0.343 e. The van der Waals surface area contributed by atoms with Gasteiger partial charge in [-0.1, -0.05) is 0 Å². The highest BCUT2D eigenvalue weighted by atomic mass is 127. The summed E-state index contributed by atoms with van der Waals surface area (Å²) in [5.41, 5.74) is -2.72. The molecule has 1 atom stereocenters. The van der Waals surface area contributed by atoms with Gasteiger partial charge in [0.15, 0.2) is 5.83 Å². The molecule has 0 aromatic heterocycles. The minimum absolute atomic E-state index is 0.0695. The van der Waals surface area contributed by atoms with Gasteiger partial charge < -0.3 is 20.5 Å². The predicted molar refractivity (Wildman–Crippen MR) is 129 cm³/mol. The molecule has 0 amide bonds. The van der Waals surface area contributed by atoms with E-state index in [1.165, 1.54) is 19.2 Å². The van der Waals surface area contributed by atoms with Crippen LogP contribution in [-0.2, 0) is 4.79 Å². The van der Waals surface area contributed by atoms with Gasteiger partial charge in [-0.2, -0.15) is 8.78 Å². The number of methoxy groups -OCH3 is 1. The van der Waals surface area contributed by atoms with Gasteiger partial charge in [0.25, 0.3) is 0 Å². The molecule has 164 valence electrons. The summed E-state index contributed by atoms with van der Waals surface area (Å²) in [7, 11) is 1.35. The standard InChI is InChI=1S/C21H17F3I2N2O3/c1-11-9-12(25)3-6-15(11)27-21(28-16-7-4-13(26)10-17(16)31-2)14(19(29)30)5-8-18(22)20(21,23)24/h3-10,27-28H,1-2H3,(H,29,30). The third-order valence-corrected chi connectivity index (χ3v) is 6.14. The maximum atomic E-state index is 15.5. The van der Waals surface area contributed by atoms with Crippen LogP contribution in [0.15, 0.2) is 60.0 Å². The van der Waals surface area contributed by atoms with E-state index in [4.69, 9.17) is 4.74 Å². The molecule has 10 heteroatoms. The Morgan fingerprint density at radius 3 is 2.19 bits per heavy atom. The Hall–Kier alpha value is -1.96. The van der Waals surface area contributed by atoms with E-state index in [1.54, 1.807) is 31.2 Å². The number of anilines is 2. The largest absolute Gasteiger partial charge is 0.495 e. The first-order valence-corrected chi connectivity index (χ1v) is 11.0. The minimum Gasteiger partial charge on any atom is -0.495 e. The summed E-state index contributed by atoms with van der Waals surface area (Å²) in [6.07, 6.45) is 1.30. The number of rotatable bonds is 6. The second kappa shape index (κ2) is 8.88. The maximum absolute atomic E-state index is 15.5. The number of benzene rings is 2. The number of ether oxygens (including phenoxy) is 1. The van der Waals surface area contributed by atoms with Gasteiger partial charge >= 0.3 is 11.9 Å². The quantitative estimate of drug-likeness (QED) is 0.265. The number of allylic oxidation sites excluding steroid dienone is 2. The highest BCUT2D eigenvalue weighted by molar-refractivity contribution is 14.1. The van der Waals surface area contributed by atoms with Crippen LogP contribution in [0.25, 0.3) is 0 Å². The van der Waals surface area contributed by atoms with Crippen molar-refractivity contribution in [2.45, 2.75) is 18.5 Å². The van der Waals surface area contributed by atoms with Crippen LogP contribution in [-0.4, -0.2) is 29.8 Å². The topological polar surface area (TPSA) is 70.6 Å². The molecule has 0 aliphatic heterocycles. The molecule has 0 saturated heterocycles. The van der Waals surface area contributed by atoms with E-state index in [-0.39, 0.29) is 17.1 Å². The molecular weight excluding hydrogens is 639 g/mol. The molecule has 0 heterocycles. The van der Waals surface area contributed by atoms with Gasteiger partial charge in [0, 0.05) is 12.8 Å². The highest BCUT2D eigenvalue weighted by Crippen LogP contribution is 2.47. The first kappa shape index (κ1) is 23.7. The third-order valence-electron chi connectivity index (χ3n) is 4.80. The summed E-state index contributed by atoms with van der Waals surface area (Å²) in [6.45, 7) is 1.68. The average Bonchev–Trinajstić information content (AvgIpc) is 2.69. The molecule has 5 nitrogen and oxygen atoms in total. The van der Waals surface area contributed by atoms with Crippen molar-refractivity contribution in [3.8, 4) is 5.75 Å². The smallest absolute Gasteiger partial charge is 0.343 e. The van der Waals surface area contributed by atoms with Crippen molar-refractivity contribution in [1.29, 1.82) is 0 Å². The lowest BCUT2D eigenvalue weighted by molar-refractivity contribution is -0.135. The molecule has 0 bridgehead atoms. The summed E-state index contributed by atoms with van der Waals surface area (Å²) in [4.78, 5) is 12.0. The molecule has 1 unspecified atom stereocenters. The Kier molecular flexibility index (Phi) is 6.79. The first-order chi connectivity index (χ1) is 14.5. The number of carbonyl (C=O) groups is 1. The molecule has 1 aliphatic rings. The third kappa shape index (κ3) is 4.36. The highest BCUT2D eigenvalue weighted by Gasteiger charge is 2.63. The number of aliphatic carboxylic acids is 1. The fourth-order valence-electron chi connectivity index (χ4n) is 3.23. The Balaban J connectivity index is 2.26. The van der Waals surface area contributed by atoms with Gasteiger partial charge in [0.05, 0.1) is 18.4 Å². The van der Waals surface area contributed by atoms with E-state index in [0.29, 0.717) is 11.6 Å². The van der Waals surface area contributed by atoms with Crippen molar-refractivity contribution in [1.82, 2.24) is 0 Å². The Morgan fingerprint density at radius 1 is 1.03 bits per heavy atom. The van der Waals surface area contributed by atoms with Crippen LogP contribution < -0.4 is 15.4 Å². The molecule has 2 aromatic carbocycles. The van der Waals surface area contributed by atoms with Crippen LogP contribution in [0.1, 0.15) is 5.56 Å². The van der Waals surface area contributed by atoms with E-state index in [1.807, 2.05) is 22.6 Å². The number of hydrogen-bond acceptors (Lipinski definition) is 4. The number of hydrogen-bond donors (Lipinski definition) is 3.